The lowest BCUT2D eigenvalue weighted by Crippen LogP contribution is -2.13. The molecule has 1 aliphatic carbocycles. The normalized spacial score (nSPS) is 18.4. The molecule has 0 atom stereocenters. The molecule has 1 rings (SSSR count). The summed E-state index contributed by atoms with van der Waals surface area (Å²) in [5.74, 6) is 1.10. The van der Waals surface area contributed by atoms with E-state index in [1.54, 1.807) is 0 Å². The average molecular weight is 163 g/mol. The summed E-state index contributed by atoms with van der Waals surface area (Å²) in [6, 6.07) is 0. The molecule has 0 saturated heterocycles. The Morgan fingerprint density at radius 1 is 1.40 bits per heavy atom. The van der Waals surface area contributed by atoms with Gasteiger partial charge in [-0.2, -0.15) is 0 Å². The highest BCUT2D eigenvalue weighted by Gasteiger charge is 2.14. The van der Waals surface area contributed by atoms with Crippen molar-refractivity contribution in [2.45, 2.75) is 32.1 Å². The maximum Gasteiger partial charge on any atom is 0.0908 e. The van der Waals surface area contributed by atoms with E-state index >= 15 is 0 Å². The maximum atomic E-state index is 7.04. The molecular weight excluding hydrogens is 148 g/mol. The second-order valence-corrected chi connectivity index (χ2v) is 2.88. The van der Waals surface area contributed by atoms with Gasteiger partial charge in [0.05, 0.1) is 5.84 Å². The monoisotopic (exact) mass is 162 g/mol. The Morgan fingerprint density at radius 3 is 2.30 bits per heavy atom. The van der Waals surface area contributed by atoms with E-state index < -0.39 is 0 Å². The van der Waals surface area contributed by atoms with E-state index in [4.69, 9.17) is 11.1 Å². The van der Waals surface area contributed by atoms with E-state index in [0.29, 0.717) is 5.84 Å². The van der Waals surface area contributed by atoms with Gasteiger partial charge in [-0.3, -0.25) is 5.41 Å². The topological polar surface area (TPSA) is 49.9 Å². The van der Waals surface area contributed by atoms with Gasteiger partial charge in [0.1, 0.15) is 0 Å². The predicted octanol–water partition coefficient (Wildman–Crippen LogP) is 1.92. The molecule has 60 valence electrons. The van der Waals surface area contributed by atoms with Gasteiger partial charge in [0, 0.05) is 6.42 Å². The highest BCUT2D eigenvalue weighted by Crippen LogP contribution is 2.26. The lowest BCUT2D eigenvalue weighted by atomic mass is 10.0. The molecule has 0 radical (unpaired) electrons. The van der Waals surface area contributed by atoms with Crippen molar-refractivity contribution in [3.05, 3.63) is 0 Å². The molecule has 0 bridgehead atoms. The largest absolute Gasteiger partial charge is 0.388 e. The molecule has 2 nitrogen and oxygen atoms in total. The first-order chi connectivity index (χ1) is 4.29. The van der Waals surface area contributed by atoms with Gasteiger partial charge in [0.15, 0.2) is 0 Å². The molecule has 10 heavy (non-hydrogen) atoms. The fourth-order valence-corrected chi connectivity index (χ4v) is 1.53. The van der Waals surface area contributed by atoms with Crippen LogP contribution in [0.5, 0.6) is 0 Å². The fraction of sp³-hybridized carbons (Fsp3) is 0.857. The first-order valence-electron chi connectivity index (χ1n) is 3.62. The van der Waals surface area contributed by atoms with Crippen LogP contribution < -0.4 is 5.73 Å². The van der Waals surface area contributed by atoms with E-state index in [0.717, 1.165) is 12.3 Å². The molecule has 0 aliphatic heterocycles. The third-order valence-electron chi connectivity index (χ3n) is 1.98. The van der Waals surface area contributed by atoms with Crippen molar-refractivity contribution in [3.63, 3.8) is 0 Å². The summed E-state index contributed by atoms with van der Waals surface area (Å²) in [7, 11) is 0. The summed E-state index contributed by atoms with van der Waals surface area (Å²) in [5.41, 5.74) is 5.26. The minimum absolute atomic E-state index is 0. The Bertz CT molecular complexity index is 108. The molecule has 0 spiro atoms. The van der Waals surface area contributed by atoms with Gasteiger partial charge in [-0.1, -0.05) is 25.7 Å². The van der Waals surface area contributed by atoms with Crippen LogP contribution in [0.4, 0.5) is 0 Å². The molecular formula is C7H15ClN2. The van der Waals surface area contributed by atoms with E-state index in [9.17, 15) is 0 Å². The molecule has 3 heteroatoms. The van der Waals surface area contributed by atoms with Gasteiger partial charge < -0.3 is 5.73 Å². The van der Waals surface area contributed by atoms with Crippen LogP contribution in [0.2, 0.25) is 0 Å². The first-order valence-corrected chi connectivity index (χ1v) is 3.62. The maximum absolute atomic E-state index is 7.04. The number of rotatable bonds is 2. The summed E-state index contributed by atoms with van der Waals surface area (Å²) >= 11 is 0. The van der Waals surface area contributed by atoms with Crippen LogP contribution in [0, 0.1) is 11.3 Å². The van der Waals surface area contributed by atoms with Crippen molar-refractivity contribution in [2.24, 2.45) is 11.7 Å². The van der Waals surface area contributed by atoms with Crippen molar-refractivity contribution in [1.29, 1.82) is 5.41 Å². The first kappa shape index (κ1) is 9.76. The van der Waals surface area contributed by atoms with Gasteiger partial charge in [0.2, 0.25) is 0 Å². The van der Waals surface area contributed by atoms with Crippen LogP contribution in [0.3, 0.4) is 0 Å². The average Bonchev–Trinajstić information content (AvgIpc) is 2.15. The second-order valence-electron chi connectivity index (χ2n) is 2.88. The third-order valence-corrected chi connectivity index (χ3v) is 1.98. The van der Waals surface area contributed by atoms with Crippen molar-refractivity contribution in [2.75, 3.05) is 0 Å². The molecule has 1 saturated carbocycles. The van der Waals surface area contributed by atoms with Crippen LogP contribution in [0.25, 0.3) is 0 Å². The molecule has 0 aromatic rings. The van der Waals surface area contributed by atoms with Crippen LogP contribution in [0.15, 0.2) is 0 Å². The zero-order valence-electron chi connectivity index (χ0n) is 6.10. The van der Waals surface area contributed by atoms with E-state index in [1.165, 1.54) is 25.7 Å². The Balaban J connectivity index is 0.000000810. The second kappa shape index (κ2) is 4.56. The lowest BCUT2D eigenvalue weighted by molar-refractivity contribution is 0.570. The summed E-state index contributed by atoms with van der Waals surface area (Å²) in [6.45, 7) is 0. The van der Waals surface area contributed by atoms with E-state index in [-0.39, 0.29) is 12.4 Å². The summed E-state index contributed by atoms with van der Waals surface area (Å²) in [6.07, 6.45) is 6.11. The third kappa shape index (κ3) is 3.06. The standard InChI is InChI=1S/C7H14N2.ClH/c8-7(9)5-6-3-1-2-4-6;/h6H,1-5H2,(H3,8,9);1H. The van der Waals surface area contributed by atoms with Crippen LogP contribution in [-0.2, 0) is 0 Å². The molecule has 0 amide bonds. The quantitative estimate of drug-likeness (QED) is 0.473. The lowest BCUT2D eigenvalue weighted by Gasteiger charge is -2.04. The van der Waals surface area contributed by atoms with E-state index in [1.807, 2.05) is 0 Å². The van der Waals surface area contributed by atoms with Crippen molar-refractivity contribution < 1.29 is 0 Å². The molecule has 1 fully saturated rings. The smallest absolute Gasteiger partial charge is 0.0908 e. The van der Waals surface area contributed by atoms with Crippen LogP contribution in [0.1, 0.15) is 32.1 Å². The van der Waals surface area contributed by atoms with Gasteiger partial charge in [-0.25, -0.2) is 0 Å². The number of nitrogens with two attached hydrogens (primary N) is 1. The zero-order valence-corrected chi connectivity index (χ0v) is 6.91. The molecule has 0 aromatic heterocycles. The Labute approximate surface area is 68.1 Å². The van der Waals surface area contributed by atoms with Gasteiger partial charge in [-0.05, 0) is 5.92 Å². The van der Waals surface area contributed by atoms with Gasteiger partial charge in [-0.15, -0.1) is 12.4 Å². The molecule has 3 N–H and O–H groups in total. The molecule has 1 aliphatic rings. The fourth-order valence-electron chi connectivity index (χ4n) is 1.53. The Hall–Kier alpha value is -0.240. The SMILES string of the molecule is Cl.N=C(N)CC1CCCC1. The Kier molecular flexibility index (Phi) is 4.45. The minimum Gasteiger partial charge on any atom is -0.388 e. The van der Waals surface area contributed by atoms with Crippen molar-refractivity contribution in [1.82, 2.24) is 0 Å². The number of hydrogen-bond acceptors (Lipinski definition) is 1. The van der Waals surface area contributed by atoms with Gasteiger partial charge in [0.25, 0.3) is 0 Å². The number of amidine groups is 1. The molecule has 0 heterocycles. The summed E-state index contributed by atoms with van der Waals surface area (Å²) < 4.78 is 0. The highest BCUT2D eigenvalue weighted by molar-refractivity contribution is 5.85. The highest BCUT2D eigenvalue weighted by atomic mass is 35.5. The van der Waals surface area contributed by atoms with Crippen LogP contribution in [-0.4, -0.2) is 5.84 Å². The molecule has 0 unspecified atom stereocenters. The zero-order chi connectivity index (χ0) is 6.69. The van der Waals surface area contributed by atoms with Crippen LogP contribution >= 0.6 is 12.4 Å². The van der Waals surface area contributed by atoms with Crippen molar-refractivity contribution >= 4 is 18.2 Å². The minimum atomic E-state index is 0. The molecule has 0 aromatic carbocycles. The summed E-state index contributed by atoms with van der Waals surface area (Å²) in [5, 5.41) is 7.04. The van der Waals surface area contributed by atoms with E-state index in [2.05, 4.69) is 0 Å². The number of nitrogens with one attached hydrogen (secondary N) is 1. The Morgan fingerprint density at radius 2 is 1.90 bits per heavy atom. The summed E-state index contributed by atoms with van der Waals surface area (Å²) in [4.78, 5) is 0. The van der Waals surface area contributed by atoms with Crippen molar-refractivity contribution in [3.8, 4) is 0 Å². The van der Waals surface area contributed by atoms with Gasteiger partial charge >= 0.3 is 0 Å². The number of halogens is 1. The predicted molar refractivity (Wildman–Crippen MR) is 45.7 cm³/mol. The number of hydrogen-bond donors (Lipinski definition) is 2.